The molecule has 0 fully saturated rings. The van der Waals surface area contributed by atoms with Gasteiger partial charge in [-0.15, -0.1) is 0 Å². The maximum atomic E-state index is 14.3. The molecule has 34 heavy (non-hydrogen) atoms. The lowest BCUT2D eigenvalue weighted by Gasteiger charge is -2.23. The Kier molecular flexibility index (Phi) is 5.80. The van der Waals surface area contributed by atoms with Crippen LogP contribution < -0.4 is 5.32 Å². The number of nitrogens with zero attached hydrogens (tertiary/aromatic N) is 2. The number of phenolic OH excluding ortho intramolecular Hbond substituents is 1. The van der Waals surface area contributed by atoms with Crippen LogP contribution in [0.5, 0.6) is 5.75 Å². The highest BCUT2D eigenvalue weighted by Gasteiger charge is 2.35. The molecule has 0 bridgehead atoms. The molecule has 0 aliphatic rings. The molecule has 4 aromatic rings. The number of hydrogen-bond acceptors (Lipinski definition) is 4. The van der Waals surface area contributed by atoms with E-state index < -0.39 is 35.5 Å². The van der Waals surface area contributed by atoms with Gasteiger partial charge in [-0.2, -0.15) is 26.3 Å². The van der Waals surface area contributed by atoms with E-state index in [1.54, 1.807) is 18.2 Å². The van der Waals surface area contributed by atoms with Gasteiger partial charge in [0.25, 0.3) is 0 Å². The van der Waals surface area contributed by atoms with Gasteiger partial charge in [-0.25, -0.2) is 9.37 Å². The predicted molar refractivity (Wildman–Crippen MR) is 110 cm³/mol. The molecule has 11 heteroatoms. The molecule has 0 aliphatic heterocycles. The molecule has 4 rings (SSSR count). The van der Waals surface area contributed by atoms with E-state index >= 15 is 0 Å². The minimum atomic E-state index is -4.92. The van der Waals surface area contributed by atoms with Gasteiger partial charge in [0.15, 0.2) is 0 Å². The summed E-state index contributed by atoms with van der Waals surface area (Å²) in [4.78, 5) is 7.43. The van der Waals surface area contributed by atoms with Gasteiger partial charge in [-0.1, -0.05) is 24.3 Å². The summed E-state index contributed by atoms with van der Waals surface area (Å²) in [6.45, 7) is 0. The standard InChI is InChI=1S/C23H14F7N3O/c24-17-10-13(4-7-16(17)22(25,26)27)19(33-14-5-8-18(32-11-14)23(28,29)30)15-6-3-12-2-1-9-31-20(12)21(15)34/h1-11,19,33-34H. The van der Waals surface area contributed by atoms with Gasteiger partial charge in [0, 0.05) is 17.1 Å². The van der Waals surface area contributed by atoms with Crippen molar-refractivity contribution in [1.82, 2.24) is 9.97 Å². The van der Waals surface area contributed by atoms with Gasteiger partial charge in [0.1, 0.15) is 22.8 Å². The van der Waals surface area contributed by atoms with Crippen molar-refractivity contribution in [3.05, 3.63) is 95.2 Å². The van der Waals surface area contributed by atoms with Crippen molar-refractivity contribution >= 4 is 16.6 Å². The average molecular weight is 481 g/mol. The molecule has 2 aromatic carbocycles. The summed E-state index contributed by atoms with van der Waals surface area (Å²) in [6.07, 6.45) is -7.28. The van der Waals surface area contributed by atoms with E-state index in [2.05, 4.69) is 15.3 Å². The first-order valence-corrected chi connectivity index (χ1v) is 9.68. The maximum absolute atomic E-state index is 14.3. The van der Waals surface area contributed by atoms with Gasteiger partial charge in [-0.3, -0.25) is 4.98 Å². The number of pyridine rings is 2. The quantitative estimate of drug-likeness (QED) is 0.318. The number of rotatable bonds is 4. The zero-order chi connectivity index (χ0) is 24.7. The molecule has 0 saturated heterocycles. The maximum Gasteiger partial charge on any atom is 0.433 e. The van der Waals surface area contributed by atoms with Crippen LogP contribution in [0.1, 0.15) is 28.4 Å². The Morgan fingerprint density at radius 2 is 1.62 bits per heavy atom. The first kappa shape index (κ1) is 23.3. The van der Waals surface area contributed by atoms with Gasteiger partial charge in [0.05, 0.1) is 23.5 Å². The van der Waals surface area contributed by atoms with Gasteiger partial charge >= 0.3 is 12.4 Å². The highest BCUT2D eigenvalue weighted by atomic mass is 19.4. The first-order chi connectivity index (χ1) is 15.9. The fourth-order valence-electron chi connectivity index (χ4n) is 3.47. The second-order valence-electron chi connectivity index (χ2n) is 7.32. The third-order valence-corrected chi connectivity index (χ3v) is 5.09. The van der Waals surface area contributed by atoms with Crippen molar-refractivity contribution in [2.45, 2.75) is 18.4 Å². The van der Waals surface area contributed by atoms with Crippen LogP contribution in [-0.2, 0) is 12.4 Å². The van der Waals surface area contributed by atoms with E-state index in [9.17, 15) is 35.8 Å². The van der Waals surface area contributed by atoms with Crippen LogP contribution in [0.3, 0.4) is 0 Å². The SMILES string of the molecule is Oc1c(C(Nc2ccc(C(F)(F)F)nc2)c2ccc(C(F)(F)F)c(F)c2)ccc2cccnc12. The number of fused-ring (bicyclic) bond motifs is 1. The fourth-order valence-corrected chi connectivity index (χ4v) is 3.47. The Bertz CT molecular complexity index is 1340. The Balaban J connectivity index is 1.82. The van der Waals surface area contributed by atoms with Crippen LogP contribution in [0.25, 0.3) is 10.9 Å². The van der Waals surface area contributed by atoms with E-state index in [1.165, 1.54) is 12.3 Å². The highest BCUT2D eigenvalue weighted by Crippen LogP contribution is 2.39. The number of benzene rings is 2. The molecule has 4 nitrogen and oxygen atoms in total. The summed E-state index contributed by atoms with van der Waals surface area (Å²) in [5.41, 5.74) is -2.28. The van der Waals surface area contributed by atoms with Gasteiger partial charge < -0.3 is 10.4 Å². The second kappa shape index (κ2) is 8.47. The average Bonchev–Trinajstić information content (AvgIpc) is 2.77. The predicted octanol–water partition coefficient (Wildman–Crippen LogP) is 6.71. The van der Waals surface area contributed by atoms with E-state index in [1.807, 2.05) is 0 Å². The third-order valence-electron chi connectivity index (χ3n) is 5.09. The molecule has 0 aliphatic carbocycles. The summed E-state index contributed by atoms with van der Waals surface area (Å²) in [6, 6.07) is 9.23. The molecule has 1 unspecified atom stereocenters. The molecule has 2 heterocycles. The van der Waals surface area contributed by atoms with Gasteiger partial charge in [-0.05, 0) is 35.9 Å². The van der Waals surface area contributed by atoms with Crippen LogP contribution in [-0.4, -0.2) is 15.1 Å². The number of alkyl halides is 6. The largest absolute Gasteiger partial charge is 0.505 e. The summed E-state index contributed by atoms with van der Waals surface area (Å²) < 4.78 is 91.9. The number of hydrogen-bond donors (Lipinski definition) is 2. The van der Waals surface area contributed by atoms with Crippen LogP contribution in [0.2, 0.25) is 0 Å². The molecule has 2 aromatic heterocycles. The number of anilines is 1. The zero-order valence-corrected chi connectivity index (χ0v) is 16.9. The molecule has 176 valence electrons. The lowest BCUT2D eigenvalue weighted by atomic mass is 9.95. The molecule has 0 radical (unpaired) electrons. The number of phenols is 1. The first-order valence-electron chi connectivity index (χ1n) is 9.68. The van der Waals surface area contributed by atoms with Crippen molar-refractivity contribution < 1.29 is 35.8 Å². The van der Waals surface area contributed by atoms with E-state index in [-0.39, 0.29) is 28.1 Å². The van der Waals surface area contributed by atoms with Crippen LogP contribution >= 0.6 is 0 Å². The summed E-state index contributed by atoms with van der Waals surface area (Å²) in [5.74, 6) is -1.86. The number of halogens is 7. The number of aromatic hydroxyl groups is 1. The Hall–Kier alpha value is -3.89. The normalized spacial score (nSPS) is 13.1. The Morgan fingerprint density at radius 1 is 0.853 bits per heavy atom. The smallest absolute Gasteiger partial charge is 0.433 e. The van der Waals surface area contributed by atoms with Crippen molar-refractivity contribution in [2.24, 2.45) is 0 Å². The van der Waals surface area contributed by atoms with Crippen molar-refractivity contribution in [3.63, 3.8) is 0 Å². The molecule has 0 saturated carbocycles. The fraction of sp³-hybridized carbons (Fsp3) is 0.130. The molecule has 1 atom stereocenters. The monoisotopic (exact) mass is 481 g/mol. The summed E-state index contributed by atoms with van der Waals surface area (Å²) in [7, 11) is 0. The second-order valence-corrected chi connectivity index (χ2v) is 7.32. The molecular weight excluding hydrogens is 467 g/mol. The van der Waals surface area contributed by atoms with Gasteiger partial charge in [0.2, 0.25) is 0 Å². The van der Waals surface area contributed by atoms with Crippen molar-refractivity contribution in [1.29, 1.82) is 0 Å². The van der Waals surface area contributed by atoms with E-state index in [0.717, 1.165) is 18.3 Å². The minimum Gasteiger partial charge on any atom is -0.505 e. The number of aromatic nitrogens is 2. The van der Waals surface area contributed by atoms with Crippen LogP contribution in [0.4, 0.5) is 36.4 Å². The topological polar surface area (TPSA) is 58.0 Å². The minimum absolute atomic E-state index is 0.0176. The zero-order valence-electron chi connectivity index (χ0n) is 16.9. The van der Waals surface area contributed by atoms with Crippen LogP contribution in [0.15, 0.2) is 67.0 Å². The number of nitrogens with one attached hydrogen (secondary N) is 1. The lowest BCUT2D eigenvalue weighted by molar-refractivity contribution is -0.141. The molecule has 2 N–H and O–H groups in total. The molecule has 0 spiro atoms. The van der Waals surface area contributed by atoms with Crippen LogP contribution in [0, 0.1) is 5.82 Å². The molecule has 0 amide bonds. The van der Waals surface area contributed by atoms with E-state index in [0.29, 0.717) is 23.6 Å². The van der Waals surface area contributed by atoms with E-state index in [4.69, 9.17) is 0 Å². The summed E-state index contributed by atoms with van der Waals surface area (Å²) >= 11 is 0. The Labute approximate surface area is 187 Å². The lowest BCUT2D eigenvalue weighted by Crippen LogP contribution is -2.16. The summed E-state index contributed by atoms with van der Waals surface area (Å²) in [5, 5.41) is 14.2. The highest BCUT2D eigenvalue weighted by molar-refractivity contribution is 5.86. The van der Waals surface area contributed by atoms with Crippen molar-refractivity contribution in [3.8, 4) is 5.75 Å². The third kappa shape index (κ3) is 4.59. The molecular formula is C23H14F7N3O. The van der Waals surface area contributed by atoms with Crippen molar-refractivity contribution in [2.75, 3.05) is 5.32 Å². The Morgan fingerprint density at radius 3 is 2.24 bits per heavy atom.